The Morgan fingerprint density at radius 1 is 1.38 bits per heavy atom. The van der Waals surface area contributed by atoms with Crippen molar-refractivity contribution < 1.29 is 24.2 Å². The molecule has 0 bridgehead atoms. The highest BCUT2D eigenvalue weighted by Crippen LogP contribution is 2.14. The number of ether oxygens (including phenoxy) is 2. The SMILES string of the molecule is O=C(O)CO[C@@H]1CCOC[C@@H]1NC(=O)c1ccc2cccnc2n1. The maximum atomic E-state index is 12.4. The summed E-state index contributed by atoms with van der Waals surface area (Å²) >= 11 is 0. The highest BCUT2D eigenvalue weighted by molar-refractivity contribution is 5.94. The summed E-state index contributed by atoms with van der Waals surface area (Å²) in [5, 5.41) is 12.4. The molecule has 1 saturated heterocycles. The van der Waals surface area contributed by atoms with Gasteiger partial charge in [0.2, 0.25) is 0 Å². The van der Waals surface area contributed by atoms with E-state index in [0.29, 0.717) is 18.7 Å². The van der Waals surface area contributed by atoms with Gasteiger partial charge in [0.1, 0.15) is 12.3 Å². The van der Waals surface area contributed by atoms with Gasteiger partial charge in [-0.25, -0.2) is 14.8 Å². The zero-order chi connectivity index (χ0) is 16.9. The molecule has 0 aliphatic carbocycles. The second-order valence-corrected chi connectivity index (χ2v) is 5.43. The van der Waals surface area contributed by atoms with Crippen LogP contribution in [0.4, 0.5) is 0 Å². The molecule has 1 fully saturated rings. The summed E-state index contributed by atoms with van der Waals surface area (Å²) in [5.41, 5.74) is 0.729. The van der Waals surface area contributed by atoms with Gasteiger partial charge in [-0.05, 0) is 30.7 Å². The lowest BCUT2D eigenvalue weighted by Crippen LogP contribution is -2.51. The van der Waals surface area contributed by atoms with Crippen LogP contribution in [0.15, 0.2) is 30.5 Å². The Morgan fingerprint density at radius 2 is 2.25 bits per heavy atom. The van der Waals surface area contributed by atoms with Gasteiger partial charge < -0.3 is 19.9 Å². The summed E-state index contributed by atoms with van der Waals surface area (Å²) in [6, 6.07) is 6.64. The number of nitrogens with zero attached hydrogens (tertiary/aromatic N) is 2. The molecule has 8 heteroatoms. The minimum absolute atomic E-state index is 0.240. The van der Waals surface area contributed by atoms with Crippen molar-refractivity contribution in [2.75, 3.05) is 19.8 Å². The maximum Gasteiger partial charge on any atom is 0.329 e. The third-order valence-electron chi connectivity index (χ3n) is 3.73. The highest BCUT2D eigenvalue weighted by atomic mass is 16.5. The molecule has 2 N–H and O–H groups in total. The first-order chi connectivity index (χ1) is 11.6. The molecule has 1 aliphatic rings. The van der Waals surface area contributed by atoms with Crippen LogP contribution >= 0.6 is 0 Å². The molecule has 0 saturated carbocycles. The van der Waals surface area contributed by atoms with Gasteiger partial charge in [-0.3, -0.25) is 4.79 Å². The van der Waals surface area contributed by atoms with E-state index in [1.54, 1.807) is 24.4 Å². The van der Waals surface area contributed by atoms with E-state index in [2.05, 4.69) is 15.3 Å². The van der Waals surface area contributed by atoms with Crippen LogP contribution in [0.1, 0.15) is 16.9 Å². The number of carbonyl (C=O) groups is 2. The summed E-state index contributed by atoms with van der Waals surface area (Å²) in [4.78, 5) is 31.4. The van der Waals surface area contributed by atoms with Gasteiger partial charge in [0.05, 0.1) is 18.8 Å². The summed E-state index contributed by atoms with van der Waals surface area (Å²) in [6.07, 6.45) is 1.73. The van der Waals surface area contributed by atoms with E-state index in [-0.39, 0.29) is 18.2 Å². The third-order valence-corrected chi connectivity index (χ3v) is 3.73. The third kappa shape index (κ3) is 3.84. The van der Waals surface area contributed by atoms with E-state index in [9.17, 15) is 9.59 Å². The van der Waals surface area contributed by atoms with Crippen LogP contribution in [-0.4, -0.2) is 58.9 Å². The van der Waals surface area contributed by atoms with Crippen LogP contribution in [0.5, 0.6) is 0 Å². The molecule has 0 unspecified atom stereocenters. The van der Waals surface area contributed by atoms with Gasteiger partial charge in [0, 0.05) is 18.2 Å². The number of carboxylic acid groups (broad SMARTS) is 1. The average molecular weight is 331 g/mol. The van der Waals surface area contributed by atoms with Crippen LogP contribution in [-0.2, 0) is 14.3 Å². The Bertz CT molecular complexity index is 751. The quantitative estimate of drug-likeness (QED) is 0.826. The average Bonchev–Trinajstić information content (AvgIpc) is 2.60. The molecule has 2 aromatic rings. The monoisotopic (exact) mass is 331 g/mol. The van der Waals surface area contributed by atoms with Crippen molar-refractivity contribution in [3.8, 4) is 0 Å². The fraction of sp³-hybridized carbons (Fsp3) is 0.375. The minimum Gasteiger partial charge on any atom is -0.480 e. The summed E-state index contributed by atoms with van der Waals surface area (Å²) < 4.78 is 10.7. The molecule has 1 aliphatic heterocycles. The molecule has 2 atom stereocenters. The van der Waals surface area contributed by atoms with Crippen molar-refractivity contribution in [3.05, 3.63) is 36.2 Å². The summed E-state index contributed by atoms with van der Waals surface area (Å²) in [5.74, 6) is -1.42. The topological polar surface area (TPSA) is 111 Å². The molecule has 1 amide bonds. The molecule has 8 nitrogen and oxygen atoms in total. The largest absolute Gasteiger partial charge is 0.480 e. The maximum absolute atomic E-state index is 12.4. The van der Waals surface area contributed by atoms with Crippen LogP contribution in [0.3, 0.4) is 0 Å². The number of hydrogen-bond donors (Lipinski definition) is 2. The van der Waals surface area contributed by atoms with E-state index < -0.39 is 24.7 Å². The van der Waals surface area contributed by atoms with Crippen molar-refractivity contribution in [2.45, 2.75) is 18.6 Å². The first kappa shape index (κ1) is 16.3. The predicted molar refractivity (Wildman–Crippen MR) is 83.6 cm³/mol. The van der Waals surface area contributed by atoms with Crippen LogP contribution in [0.2, 0.25) is 0 Å². The predicted octanol–water partition coefficient (Wildman–Crippen LogP) is 0.618. The molecule has 24 heavy (non-hydrogen) atoms. The number of aromatic nitrogens is 2. The Balaban J connectivity index is 1.70. The fourth-order valence-corrected chi connectivity index (χ4v) is 2.55. The Hall–Kier alpha value is -2.58. The number of carboxylic acids is 1. The number of nitrogens with one attached hydrogen (secondary N) is 1. The first-order valence-electron chi connectivity index (χ1n) is 7.57. The number of rotatable bonds is 5. The van der Waals surface area contributed by atoms with Gasteiger partial charge in [-0.1, -0.05) is 0 Å². The van der Waals surface area contributed by atoms with Crippen molar-refractivity contribution in [2.24, 2.45) is 0 Å². The molecule has 0 spiro atoms. The fourth-order valence-electron chi connectivity index (χ4n) is 2.55. The Labute approximate surface area is 137 Å². The number of fused-ring (bicyclic) bond motifs is 1. The number of aliphatic carboxylic acids is 1. The second kappa shape index (κ2) is 7.33. The van der Waals surface area contributed by atoms with Crippen molar-refractivity contribution >= 4 is 22.9 Å². The van der Waals surface area contributed by atoms with Gasteiger partial charge in [-0.2, -0.15) is 0 Å². The summed E-state index contributed by atoms with van der Waals surface area (Å²) in [6.45, 7) is 0.325. The van der Waals surface area contributed by atoms with E-state index in [1.165, 1.54) is 0 Å². The highest BCUT2D eigenvalue weighted by Gasteiger charge is 2.29. The van der Waals surface area contributed by atoms with Crippen molar-refractivity contribution in [1.29, 1.82) is 0 Å². The molecule has 126 valence electrons. The smallest absolute Gasteiger partial charge is 0.329 e. The normalized spacial score (nSPS) is 20.7. The molecule has 0 aromatic carbocycles. The minimum atomic E-state index is -1.05. The standard InChI is InChI=1S/C16H17N3O5/c20-14(21)9-24-13-5-7-23-8-12(13)19-16(22)11-4-3-10-2-1-6-17-15(10)18-11/h1-4,6,12-13H,5,7-9H2,(H,19,22)(H,20,21)/t12-,13+/m0/s1. The molecule has 3 rings (SSSR count). The number of amides is 1. The summed E-state index contributed by atoms with van der Waals surface area (Å²) in [7, 11) is 0. The van der Waals surface area contributed by atoms with Gasteiger partial charge >= 0.3 is 5.97 Å². The van der Waals surface area contributed by atoms with E-state index in [4.69, 9.17) is 14.6 Å². The Kier molecular flexibility index (Phi) is 4.97. The van der Waals surface area contributed by atoms with E-state index >= 15 is 0 Å². The number of carbonyl (C=O) groups excluding carboxylic acids is 1. The lowest BCUT2D eigenvalue weighted by molar-refractivity contribution is -0.147. The molecule has 3 heterocycles. The van der Waals surface area contributed by atoms with Gasteiger partial charge in [0.15, 0.2) is 5.65 Å². The zero-order valence-electron chi connectivity index (χ0n) is 12.8. The van der Waals surface area contributed by atoms with Gasteiger partial charge in [0.25, 0.3) is 5.91 Å². The van der Waals surface area contributed by atoms with E-state index in [0.717, 1.165) is 5.39 Å². The number of pyridine rings is 2. The second-order valence-electron chi connectivity index (χ2n) is 5.43. The molecular weight excluding hydrogens is 314 g/mol. The van der Waals surface area contributed by atoms with E-state index in [1.807, 2.05) is 6.07 Å². The van der Waals surface area contributed by atoms with Crippen molar-refractivity contribution in [3.63, 3.8) is 0 Å². The molecular formula is C16H17N3O5. The lowest BCUT2D eigenvalue weighted by Gasteiger charge is -2.31. The lowest BCUT2D eigenvalue weighted by atomic mass is 10.1. The first-order valence-corrected chi connectivity index (χ1v) is 7.57. The molecule has 2 aromatic heterocycles. The van der Waals surface area contributed by atoms with Gasteiger partial charge in [-0.15, -0.1) is 0 Å². The van der Waals surface area contributed by atoms with Crippen LogP contribution in [0, 0.1) is 0 Å². The number of hydrogen-bond acceptors (Lipinski definition) is 6. The molecule has 0 radical (unpaired) electrons. The van der Waals surface area contributed by atoms with Crippen LogP contribution < -0.4 is 5.32 Å². The zero-order valence-corrected chi connectivity index (χ0v) is 12.8. The van der Waals surface area contributed by atoms with Crippen LogP contribution in [0.25, 0.3) is 11.0 Å². The van der Waals surface area contributed by atoms with Crippen molar-refractivity contribution in [1.82, 2.24) is 15.3 Å². The Morgan fingerprint density at radius 3 is 3.08 bits per heavy atom.